The molecule has 166 valence electrons. The van der Waals surface area contributed by atoms with Crippen LogP contribution in [0.3, 0.4) is 0 Å². The molecule has 3 rings (SSSR count). The first-order valence-electron chi connectivity index (χ1n) is 10.4. The SMILES string of the molecule is C.C.O=C(NCCC1CCN(S(=O)(=O)c2ccccc2)C1)C1CCCCCCC1. The van der Waals surface area contributed by atoms with Crippen LogP contribution in [0.15, 0.2) is 35.2 Å². The molecule has 0 aromatic heterocycles. The summed E-state index contributed by atoms with van der Waals surface area (Å²) in [5.74, 6) is 0.689. The summed E-state index contributed by atoms with van der Waals surface area (Å²) in [6.07, 6.45) is 9.86. The number of nitrogens with one attached hydrogen (secondary N) is 1. The molecule has 1 saturated heterocycles. The van der Waals surface area contributed by atoms with Crippen molar-refractivity contribution in [2.24, 2.45) is 11.8 Å². The Kier molecular flexibility index (Phi) is 10.9. The second-order valence-corrected chi connectivity index (χ2v) is 9.89. The van der Waals surface area contributed by atoms with E-state index in [1.165, 1.54) is 19.3 Å². The minimum Gasteiger partial charge on any atom is -0.356 e. The molecule has 1 N–H and O–H groups in total. The Morgan fingerprint density at radius 3 is 2.24 bits per heavy atom. The van der Waals surface area contributed by atoms with Crippen molar-refractivity contribution in [1.29, 1.82) is 0 Å². The average molecular weight is 425 g/mol. The maximum absolute atomic E-state index is 12.7. The zero-order valence-electron chi connectivity index (χ0n) is 16.1. The number of carbonyl (C=O) groups excluding carboxylic acids is 1. The van der Waals surface area contributed by atoms with Gasteiger partial charge in [-0.3, -0.25) is 4.79 Å². The van der Waals surface area contributed by atoms with Gasteiger partial charge in [-0.2, -0.15) is 4.31 Å². The standard InChI is InChI=1S/C21H32N2O3S.2CH4/c24-21(19-9-5-2-1-3-6-10-19)22-15-13-18-14-16-23(17-18)27(25,26)20-11-7-4-8-12-20;;/h4,7-8,11-12,18-19H,1-3,5-6,9-10,13-17H2,(H,22,24);2*1H4. The summed E-state index contributed by atoms with van der Waals surface area (Å²) < 4.78 is 27.0. The molecule has 0 radical (unpaired) electrons. The smallest absolute Gasteiger partial charge is 0.243 e. The van der Waals surface area contributed by atoms with Crippen molar-refractivity contribution in [2.75, 3.05) is 19.6 Å². The lowest BCUT2D eigenvalue weighted by Gasteiger charge is -2.20. The summed E-state index contributed by atoms with van der Waals surface area (Å²) in [5.41, 5.74) is 0. The molecule has 1 aliphatic heterocycles. The lowest BCUT2D eigenvalue weighted by molar-refractivity contribution is -0.125. The van der Waals surface area contributed by atoms with Crippen LogP contribution in [-0.2, 0) is 14.8 Å². The molecular weight excluding hydrogens is 384 g/mol. The summed E-state index contributed by atoms with van der Waals surface area (Å²) in [4.78, 5) is 12.8. The highest BCUT2D eigenvalue weighted by Gasteiger charge is 2.32. The van der Waals surface area contributed by atoms with Crippen LogP contribution in [0.1, 0.15) is 72.6 Å². The van der Waals surface area contributed by atoms with Gasteiger partial charge in [0.15, 0.2) is 0 Å². The summed E-state index contributed by atoms with van der Waals surface area (Å²) in [7, 11) is -3.39. The van der Waals surface area contributed by atoms with Crippen molar-refractivity contribution >= 4 is 15.9 Å². The number of hydrogen-bond donors (Lipinski definition) is 1. The minimum atomic E-state index is -3.39. The van der Waals surface area contributed by atoms with Crippen molar-refractivity contribution in [1.82, 2.24) is 9.62 Å². The van der Waals surface area contributed by atoms with Gasteiger partial charge >= 0.3 is 0 Å². The largest absolute Gasteiger partial charge is 0.356 e. The van der Waals surface area contributed by atoms with E-state index in [4.69, 9.17) is 0 Å². The van der Waals surface area contributed by atoms with E-state index in [9.17, 15) is 13.2 Å². The Morgan fingerprint density at radius 1 is 0.966 bits per heavy atom. The normalized spacial score (nSPS) is 21.3. The van der Waals surface area contributed by atoms with Gasteiger partial charge in [-0.15, -0.1) is 0 Å². The summed E-state index contributed by atoms with van der Waals surface area (Å²) in [6, 6.07) is 8.64. The molecule has 1 amide bonds. The predicted octanol–water partition coefficient (Wildman–Crippen LogP) is 4.84. The molecule has 0 spiro atoms. The van der Waals surface area contributed by atoms with Crippen LogP contribution in [0.5, 0.6) is 0 Å². The molecule has 1 heterocycles. The molecule has 1 aromatic rings. The molecule has 1 unspecified atom stereocenters. The molecule has 1 aliphatic carbocycles. The third kappa shape index (κ3) is 7.10. The summed E-state index contributed by atoms with van der Waals surface area (Å²) in [6.45, 7) is 1.77. The second-order valence-electron chi connectivity index (χ2n) is 7.95. The molecule has 2 fully saturated rings. The van der Waals surface area contributed by atoms with Crippen LogP contribution >= 0.6 is 0 Å². The van der Waals surface area contributed by atoms with E-state index in [2.05, 4.69) is 5.32 Å². The number of nitrogens with zero attached hydrogens (tertiary/aromatic N) is 1. The Labute approximate surface area is 178 Å². The van der Waals surface area contributed by atoms with Crippen LogP contribution in [0.2, 0.25) is 0 Å². The third-order valence-corrected chi connectivity index (χ3v) is 7.84. The highest BCUT2D eigenvalue weighted by molar-refractivity contribution is 7.89. The maximum atomic E-state index is 12.7. The van der Waals surface area contributed by atoms with Gasteiger partial charge in [-0.1, -0.05) is 65.2 Å². The molecular formula is C23H40N2O3S. The second kappa shape index (κ2) is 12.3. The molecule has 6 heteroatoms. The Balaban J connectivity index is 0.00000210. The van der Waals surface area contributed by atoms with Crippen molar-refractivity contribution in [3.63, 3.8) is 0 Å². The molecule has 2 aliphatic rings. The minimum absolute atomic E-state index is 0. The van der Waals surface area contributed by atoms with Gasteiger partial charge in [0.05, 0.1) is 4.90 Å². The van der Waals surface area contributed by atoms with Gasteiger partial charge < -0.3 is 5.32 Å². The van der Waals surface area contributed by atoms with Crippen molar-refractivity contribution in [2.45, 2.75) is 77.5 Å². The Morgan fingerprint density at radius 2 is 1.59 bits per heavy atom. The van der Waals surface area contributed by atoms with E-state index in [0.29, 0.717) is 30.4 Å². The number of hydrogen-bond acceptors (Lipinski definition) is 3. The summed E-state index contributed by atoms with van der Waals surface area (Å²) >= 11 is 0. The van der Waals surface area contributed by atoms with Crippen LogP contribution < -0.4 is 5.32 Å². The number of sulfonamides is 1. The zero-order valence-corrected chi connectivity index (χ0v) is 16.9. The highest BCUT2D eigenvalue weighted by atomic mass is 32.2. The lowest BCUT2D eigenvalue weighted by Crippen LogP contribution is -2.33. The average Bonchev–Trinajstić information content (AvgIpc) is 3.12. The monoisotopic (exact) mass is 424 g/mol. The number of rotatable bonds is 6. The van der Waals surface area contributed by atoms with Gasteiger partial charge in [0.25, 0.3) is 0 Å². The van der Waals surface area contributed by atoms with Crippen LogP contribution in [0, 0.1) is 11.8 Å². The number of benzene rings is 1. The Bertz CT molecular complexity index is 698. The molecule has 29 heavy (non-hydrogen) atoms. The molecule has 0 bridgehead atoms. The van der Waals surface area contributed by atoms with Crippen LogP contribution in [-0.4, -0.2) is 38.3 Å². The Hall–Kier alpha value is -1.40. The predicted molar refractivity (Wildman–Crippen MR) is 120 cm³/mol. The fourth-order valence-electron chi connectivity index (χ4n) is 4.25. The van der Waals surface area contributed by atoms with Crippen molar-refractivity contribution in [3.8, 4) is 0 Å². The van der Waals surface area contributed by atoms with Crippen molar-refractivity contribution < 1.29 is 13.2 Å². The number of amides is 1. The van der Waals surface area contributed by atoms with Gasteiger partial charge in [-0.25, -0.2) is 8.42 Å². The fraction of sp³-hybridized carbons (Fsp3) is 0.696. The summed E-state index contributed by atoms with van der Waals surface area (Å²) in [5, 5.41) is 3.11. The maximum Gasteiger partial charge on any atom is 0.243 e. The molecule has 1 saturated carbocycles. The zero-order chi connectivity index (χ0) is 19.1. The first kappa shape index (κ1) is 25.6. The molecule has 5 nitrogen and oxygen atoms in total. The fourth-order valence-corrected chi connectivity index (χ4v) is 5.81. The van der Waals surface area contributed by atoms with Crippen LogP contribution in [0.4, 0.5) is 0 Å². The van der Waals surface area contributed by atoms with Gasteiger partial charge in [0, 0.05) is 25.6 Å². The number of carbonyl (C=O) groups is 1. The quantitative estimate of drug-likeness (QED) is 0.711. The first-order chi connectivity index (χ1) is 13.1. The van der Waals surface area contributed by atoms with E-state index in [1.807, 2.05) is 6.07 Å². The van der Waals surface area contributed by atoms with Crippen LogP contribution in [0.25, 0.3) is 0 Å². The lowest BCUT2D eigenvalue weighted by atomic mass is 9.90. The molecule has 1 atom stereocenters. The van der Waals surface area contributed by atoms with E-state index in [0.717, 1.165) is 38.5 Å². The van der Waals surface area contributed by atoms with Gasteiger partial charge in [-0.05, 0) is 43.7 Å². The topological polar surface area (TPSA) is 66.5 Å². The first-order valence-corrected chi connectivity index (χ1v) is 11.8. The van der Waals surface area contributed by atoms with Crippen molar-refractivity contribution in [3.05, 3.63) is 30.3 Å². The van der Waals surface area contributed by atoms with E-state index < -0.39 is 10.0 Å². The van der Waals surface area contributed by atoms with E-state index in [-0.39, 0.29) is 26.7 Å². The van der Waals surface area contributed by atoms with E-state index in [1.54, 1.807) is 28.6 Å². The van der Waals surface area contributed by atoms with Gasteiger partial charge in [0.1, 0.15) is 0 Å². The van der Waals surface area contributed by atoms with Gasteiger partial charge in [0.2, 0.25) is 15.9 Å². The third-order valence-electron chi connectivity index (χ3n) is 5.96. The van der Waals surface area contributed by atoms with E-state index >= 15 is 0 Å². The molecule has 1 aromatic carbocycles. The highest BCUT2D eigenvalue weighted by Crippen LogP contribution is 2.26.